The molecule has 0 radical (unpaired) electrons. The minimum atomic E-state index is 0.0918. The molecule has 664 valence electrons. The smallest absolute Gasteiger partial charge is 0.144 e. The summed E-state index contributed by atoms with van der Waals surface area (Å²) in [6.07, 6.45) is 0. The number of aryl methyl sites for hydroxylation is 1. The normalized spacial score (nSPS) is 12.9. The Morgan fingerprint density at radius 1 is 0.310 bits per heavy atom. The lowest BCUT2D eigenvalue weighted by molar-refractivity contribution is 0.271. The number of hydrogen-bond donors (Lipinski definition) is 0. The van der Waals surface area contributed by atoms with Crippen molar-refractivity contribution in [1.29, 1.82) is 0 Å². The lowest BCUT2D eigenvalue weighted by Crippen LogP contribution is -2.37. The zero-order chi connectivity index (χ0) is 91.6. The number of rotatable bonds is 19. The Balaban J connectivity index is 0.000000133. The van der Waals surface area contributed by atoms with Gasteiger partial charge in [-0.25, -0.2) is 0 Å². The van der Waals surface area contributed by atoms with Gasteiger partial charge in [0.05, 0.1) is 125 Å². The van der Waals surface area contributed by atoms with E-state index < -0.39 is 0 Å². The second-order valence-corrected chi connectivity index (χ2v) is 36.8. The summed E-state index contributed by atoms with van der Waals surface area (Å²) in [6, 6.07) is 99.9. The van der Waals surface area contributed by atoms with Gasteiger partial charge in [-0.2, -0.15) is 0 Å². The Kier molecular flexibility index (Phi) is 26.8. The molecule has 129 heavy (non-hydrogen) atoms. The van der Waals surface area contributed by atoms with Crippen molar-refractivity contribution in [3.05, 3.63) is 296 Å². The lowest BCUT2D eigenvalue weighted by atomic mass is 9.85. The summed E-state index contributed by atoms with van der Waals surface area (Å²) in [7, 11) is 13.6. The molecule has 0 N–H and O–H groups in total. The number of fused-ring (bicyclic) bond motifs is 9. The van der Waals surface area contributed by atoms with Crippen molar-refractivity contribution in [2.24, 2.45) is 5.92 Å². The molecule has 14 nitrogen and oxygen atoms in total. The van der Waals surface area contributed by atoms with Gasteiger partial charge in [0.2, 0.25) is 0 Å². The molecule has 0 unspecified atom stereocenters. The van der Waals surface area contributed by atoms with Crippen molar-refractivity contribution in [3.63, 3.8) is 0 Å². The lowest BCUT2D eigenvalue weighted by Gasteiger charge is -2.45. The Bertz CT molecular complexity index is 6370. The summed E-state index contributed by atoms with van der Waals surface area (Å²) in [4.78, 5) is 18.9. The number of ether oxygens (including phenoxy) is 6. The first-order valence-corrected chi connectivity index (χ1v) is 45.7. The van der Waals surface area contributed by atoms with Crippen molar-refractivity contribution in [1.82, 2.24) is 0 Å². The second kappa shape index (κ2) is 38.2. The summed E-state index contributed by atoms with van der Waals surface area (Å²) in [6.45, 7) is 39.4. The van der Waals surface area contributed by atoms with Crippen LogP contribution in [0.5, 0.6) is 40.2 Å². The molecule has 14 aromatic carbocycles. The van der Waals surface area contributed by atoms with Crippen molar-refractivity contribution in [2.75, 3.05) is 102 Å². The Morgan fingerprint density at radius 3 is 1.36 bits per heavy atom. The first kappa shape index (κ1) is 90.3. The van der Waals surface area contributed by atoms with E-state index in [1.54, 1.807) is 21.3 Å². The summed E-state index contributed by atoms with van der Waals surface area (Å²) in [5, 5.41) is 2.44. The average molecular weight is 1720 g/mol. The fourth-order valence-electron chi connectivity index (χ4n) is 18.6. The number of anilines is 16. The summed E-state index contributed by atoms with van der Waals surface area (Å²) >= 11 is 0. The molecule has 0 aromatic heterocycles. The molecule has 4 heterocycles. The van der Waals surface area contributed by atoms with Crippen LogP contribution in [-0.2, 0) is 5.41 Å². The first-order valence-electron chi connectivity index (χ1n) is 45.7. The second-order valence-electron chi connectivity index (χ2n) is 36.8. The monoisotopic (exact) mass is 1720 g/mol. The molecule has 14 aromatic rings. The summed E-state index contributed by atoms with van der Waals surface area (Å²) in [5.41, 5.74) is 32.4. The maximum absolute atomic E-state index is 6.20. The molecule has 0 aliphatic carbocycles. The van der Waals surface area contributed by atoms with Crippen LogP contribution in [0, 0.1) is 12.8 Å². The standard InChI is InChI=1S/C34H40N2O.C28H34N2O2.C27H24N2O2.C26H30N2O/c1-9-37-32-19-15-24-12-10-11-13-27(24)33(32)25-14-17-28-30(20-25)35(22(2)3)29-18-16-26(34(6,7)8)21-31(29)36(28)23(4)5;1-18(2)17-32-27-10-8-9-26(31-7)28(27)21-12-14-23-25(16-21)30(6)22-13-11-20(19(3)4)15-24(22)29(23)5;1-28-22-17-16-19(18-24(22)29(2)27-23(28)13-9-15-26(27)30-3)21-12-7-8-14-25(21)31-20-10-5-4-6-11-20;1-17(2)27-22-15-14-20(21-11-7-8-13-25(21)29-6)16-24(22)28(18(3)4)26-19(5)10-9-12-23(26)27/h10-23H,9H2,1-8H3;8-16,18-19H,17H2,1-7H3;4-18H,1-3H3;7-18H,1-6H3. The first-order chi connectivity index (χ1) is 62.0. The van der Waals surface area contributed by atoms with Gasteiger partial charge in [0.25, 0.3) is 0 Å². The molecule has 0 saturated heterocycles. The molecular formula is C115H128N8O6. The van der Waals surface area contributed by atoms with E-state index in [2.05, 4.69) is 373 Å². The molecule has 0 spiro atoms. The molecule has 4 aliphatic rings. The van der Waals surface area contributed by atoms with Gasteiger partial charge in [-0.15, -0.1) is 0 Å². The van der Waals surface area contributed by atoms with Gasteiger partial charge < -0.3 is 67.6 Å². The number of hydrogen-bond acceptors (Lipinski definition) is 14. The van der Waals surface area contributed by atoms with E-state index in [1.165, 1.54) is 101 Å². The van der Waals surface area contributed by atoms with Crippen LogP contribution in [0.3, 0.4) is 0 Å². The number of methoxy groups -OCH3 is 3. The molecule has 14 heteroatoms. The van der Waals surface area contributed by atoms with Crippen LogP contribution in [-0.4, -0.2) is 86.9 Å². The molecule has 0 saturated carbocycles. The zero-order valence-electron chi connectivity index (χ0n) is 80.0. The SMILES string of the molecule is CCOc1ccc2ccccc2c1-c1ccc2c(c1)N(C(C)C)c1ccc(C(C)(C)C)cc1N2C(C)C.COc1cccc(OCC(C)C)c1-c1ccc2c(c1)N(C)c1ccc(C(C)C)cc1N2C.COc1cccc2c1N(C)c1cc(-c3ccccc3Oc3ccccc3)ccc1N2C.COc1ccccc1-c1ccc2c(c1)N(C(C)C)c1c(C)cccc1N2C(C)C. The van der Waals surface area contributed by atoms with Crippen LogP contribution < -0.4 is 67.6 Å². The van der Waals surface area contributed by atoms with E-state index in [9.17, 15) is 0 Å². The highest BCUT2D eigenvalue weighted by Gasteiger charge is 2.37. The molecular weight excluding hydrogens is 1590 g/mol. The van der Waals surface area contributed by atoms with E-state index in [1.807, 2.05) is 91.0 Å². The predicted molar refractivity (Wildman–Crippen MR) is 547 cm³/mol. The van der Waals surface area contributed by atoms with Gasteiger partial charge in [-0.05, 0) is 270 Å². The summed E-state index contributed by atoms with van der Waals surface area (Å²) < 4.78 is 35.5. The fraction of sp³-hybridized carbons (Fsp3) is 0.287. The van der Waals surface area contributed by atoms with Gasteiger partial charge in [0.15, 0.2) is 0 Å². The third-order valence-electron chi connectivity index (χ3n) is 24.9. The van der Waals surface area contributed by atoms with Crippen LogP contribution in [0.25, 0.3) is 55.3 Å². The Hall–Kier alpha value is -13.5. The van der Waals surface area contributed by atoms with Gasteiger partial charge in [0, 0.05) is 69.0 Å². The molecule has 0 fully saturated rings. The molecule has 18 rings (SSSR count). The maximum Gasteiger partial charge on any atom is 0.144 e. The minimum Gasteiger partial charge on any atom is -0.496 e. The van der Waals surface area contributed by atoms with Gasteiger partial charge in [0.1, 0.15) is 45.9 Å². The van der Waals surface area contributed by atoms with Gasteiger partial charge in [-0.1, -0.05) is 194 Å². The van der Waals surface area contributed by atoms with E-state index in [4.69, 9.17) is 28.4 Å². The molecule has 0 atom stereocenters. The van der Waals surface area contributed by atoms with Crippen LogP contribution in [0.15, 0.2) is 279 Å². The van der Waals surface area contributed by atoms with Gasteiger partial charge >= 0.3 is 0 Å². The Labute approximate surface area is 767 Å². The molecule has 4 aliphatic heterocycles. The molecule has 0 amide bonds. The van der Waals surface area contributed by atoms with Gasteiger partial charge in [-0.3, -0.25) is 0 Å². The van der Waals surface area contributed by atoms with Crippen LogP contribution in [0.1, 0.15) is 133 Å². The third kappa shape index (κ3) is 17.9. The molecule has 0 bridgehead atoms. The van der Waals surface area contributed by atoms with E-state index >= 15 is 0 Å². The van der Waals surface area contributed by atoms with E-state index in [0.29, 0.717) is 49.2 Å². The average Bonchev–Trinajstić information content (AvgIpc) is 0.787. The minimum absolute atomic E-state index is 0.0918. The van der Waals surface area contributed by atoms with Crippen LogP contribution in [0.4, 0.5) is 91.0 Å². The maximum atomic E-state index is 6.20. The Morgan fingerprint density at radius 2 is 0.752 bits per heavy atom. The number of nitrogens with zero attached hydrogens (tertiary/aromatic N) is 8. The zero-order valence-corrected chi connectivity index (χ0v) is 80.0. The summed E-state index contributed by atoms with van der Waals surface area (Å²) in [5.74, 6) is 6.97. The highest BCUT2D eigenvalue weighted by atomic mass is 16.5. The quantitative estimate of drug-likeness (QED) is 0.0770. The van der Waals surface area contributed by atoms with Crippen molar-refractivity contribution >= 4 is 102 Å². The highest BCUT2D eigenvalue weighted by Crippen LogP contribution is 2.58. The number of benzene rings is 14. The fourth-order valence-corrected chi connectivity index (χ4v) is 18.6. The van der Waals surface area contributed by atoms with Crippen molar-refractivity contribution in [3.8, 4) is 84.8 Å². The van der Waals surface area contributed by atoms with Crippen molar-refractivity contribution in [2.45, 2.75) is 153 Å². The van der Waals surface area contributed by atoms with Crippen LogP contribution in [0.2, 0.25) is 0 Å². The predicted octanol–water partition coefficient (Wildman–Crippen LogP) is 31.1. The van der Waals surface area contributed by atoms with E-state index in [-0.39, 0.29) is 5.41 Å². The third-order valence-corrected chi connectivity index (χ3v) is 24.9. The largest absolute Gasteiger partial charge is 0.496 e. The van der Waals surface area contributed by atoms with E-state index in [0.717, 1.165) is 102 Å². The highest BCUT2D eigenvalue weighted by molar-refractivity contribution is 6.04. The number of para-hydroxylation sites is 5. The topological polar surface area (TPSA) is 81.3 Å². The van der Waals surface area contributed by atoms with Crippen molar-refractivity contribution < 1.29 is 28.4 Å². The van der Waals surface area contributed by atoms with Crippen LogP contribution >= 0.6 is 0 Å².